The van der Waals surface area contributed by atoms with Crippen LogP contribution in [0, 0.1) is 6.92 Å². The van der Waals surface area contributed by atoms with E-state index in [0.29, 0.717) is 37.6 Å². The second kappa shape index (κ2) is 13.0. The first-order valence-electron chi connectivity index (χ1n) is 12.4. The molecule has 194 valence electrons. The Labute approximate surface area is 212 Å². The van der Waals surface area contributed by atoms with Crippen LogP contribution in [0.4, 0.5) is 5.82 Å². The molecular formula is C26H37N7O3. The van der Waals surface area contributed by atoms with Gasteiger partial charge in [0.2, 0.25) is 5.91 Å². The number of pyridine rings is 1. The highest BCUT2D eigenvalue weighted by Crippen LogP contribution is 2.26. The number of hydrogen-bond donors (Lipinski definition) is 3. The van der Waals surface area contributed by atoms with Crippen molar-refractivity contribution in [2.45, 2.75) is 52.6 Å². The molecule has 2 heterocycles. The largest absolute Gasteiger partial charge is 0.457 e. The molecule has 0 aliphatic carbocycles. The predicted octanol–water partition coefficient (Wildman–Crippen LogP) is 2.21. The number of cyclic esters (lactones) is 1. The number of nitrogens with two attached hydrogens (primary N) is 2. The molecule has 1 aliphatic heterocycles. The van der Waals surface area contributed by atoms with E-state index < -0.39 is 0 Å². The summed E-state index contributed by atoms with van der Waals surface area (Å²) in [4.78, 5) is 31.4. The van der Waals surface area contributed by atoms with Crippen LogP contribution in [-0.2, 0) is 22.6 Å². The Bertz CT molecular complexity index is 1070. The summed E-state index contributed by atoms with van der Waals surface area (Å²) in [6.45, 7) is 9.20. The highest BCUT2D eigenvalue weighted by molar-refractivity contribution is 5.94. The molecule has 0 saturated carbocycles. The van der Waals surface area contributed by atoms with Crippen LogP contribution in [0.25, 0.3) is 0 Å². The van der Waals surface area contributed by atoms with E-state index in [1.54, 1.807) is 12.3 Å². The number of amides is 1. The van der Waals surface area contributed by atoms with E-state index in [2.05, 4.69) is 22.3 Å². The zero-order valence-corrected chi connectivity index (χ0v) is 21.4. The van der Waals surface area contributed by atoms with E-state index >= 15 is 0 Å². The maximum Gasteiger partial charge on any atom is 0.338 e. The SMILES string of the molecule is CCCC(C(=O)N(CC)CCNCCc1ccc2c(c1C)COC2=O)c1ccc(N(N)/C=N\N)nc1. The Morgan fingerprint density at radius 1 is 1.28 bits per heavy atom. The lowest BCUT2D eigenvalue weighted by Gasteiger charge is -2.27. The Morgan fingerprint density at radius 3 is 2.75 bits per heavy atom. The smallest absolute Gasteiger partial charge is 0.338 e. The number of hydrazone groups is 1. The zero-order chi connectivity index (χ0) is 26.1. The molecule has 3 rings (SSSR count). The molecule has 0 bridgehead atoms. The van der Waals surface area contributed by atoms with Crippen molar-refractivity contribution in [1.82, 2.24) is 15.2 Å². The molecule has 36 heavy (non-hydrogen) atoms. The number of fused-ring (bicyclic) bond motifs is 1. The summed E-state index contributed by atoms with van der Waals surface area (Å²) < 4.78 is 5.14. The van der Waals surface area contributed by atoms with Crippen molar-refractivity contribution in [3.8, 4) is 0 Å². The quantitative estimate of drug-likeness (QED) is 0.0960. The summed E-state index contributed by atoms with van der Waals surface area (Å²) in [5.41, 5.74) is 4.87. The predicted molar refractivity (Wildman–Crippen MR) is 140 cm³/mol. The van der Waals surface area contributed by atoms with Crippen molar-refractivity contribution >= 4 is 24.0 Å². The van der Waals surface area contributed by atoms with Crippen molar-refractivity contribution in [1.29, 1.82) is 0 Å². The van der Waals surface area contributed by atoms with Crippen LogP contribution in [0.15, 0.2) is 35.6 Å². The number of ether oxygens (including phenoxy) is 1. The minimum atomic E-state index is -0.259. The average molecular weight is 496 g/mol. The number of anilines is 1. The summed E-state index contributed by atoms with van der Waals surface area (Å²) >= 11 is 0. The number of esters is 1. The highest BCUT2D eigenvalue weighted by atomic mass is 16.5. The van der Waals surface area contributed by atoms with Crippen molar-refractivity contribution < 1.29 is 14.3 Å². The van der Waals surface area contributed by atoms with Gasteiger partial charge in [-0.15, -0.1) is 0 Å². The molecule has 1 aromatic heterocycles. The Kier molecular flexibility index (Phi) is 9.77. The van der Waals surface area contributed by atoms with Crippen LogP contribution in [0.2, 0.25) is 0 Å². The van der Waals surface area contributed by atoms with Crippen molar-refractivity contribution in [3.63, 3.8) is 0 Å². The van der Waals surface area contributed by atoms with Crippen LogP contribution in [-0.4, -0.2) is 54.3 Å². The molecule has 2 aromatic rings. The van der Waals surface area contributed by atoms with Crippen LogP contribution < -0.4 is 22.0 Å². The Hall–Kier alpha value is -3.50. The summed E-state index contributed by atoms with van der Waals surface area (Å²) in [5, 5.41) is 8.07. The fourth-order valence-corrected chi connectivity index (χ4v) is 4.48. The second-order valence-electron chi connectivity index (χ2n) is 8.83. The maximum atomic E-state index is 13.4. The monoisotopic (exact) mass is 495 g/mol. The molecule has 10 nitrogen and oxygen atoms in total. The molecule has 0 radical (unpaired) electrons. The molecular weight excluding hydrogens is 458 g/mol. The summed E-state index contributed by atoms with van der Waals surface area (Å²) in [7, 11) is 0. The zero-order valence-electron chi connectivity index (χ0n) is 21.4. The first kappa shape index (κ1) is 27.1. The molecule has 1 atom stereocenters. The first-order chi connectivity index (χ1) is 17.4. The lowest BCUT2D eigenvalue weighted by molar-refractivity contribution is -0.132. The molecule has 0 spiro atoms. The number of carbonyl (C=O) groups is 2. The van der Waals surface area contributed by atoms with Crippen LogP contribution in [0.1, 0.15) is 65.2 Å². The lowest BCUT2D eigenvalue weighted by Crippen LogP contribution is -2.40. The molecule has 1 amide bonds. The lowest BCUT2D eigenvalue weighted by atomic mass is 9.94. The Morgan fingerprint density at radius 2 is 2.08 bits per heavy atom. The normalized spacial score (nSPS) is 13.5. The molecule has 0 fully saturated rings. The fraction of sp³-hybridized carbons (Fsp3) is 0.462. The fourth-order valence-electron chi connectivity index (χ4n) is 4.48. The molecule has 5 N–H and O–H groups in total. The van der Waals surface area contributed by atoms with E-state index in [1.165, 1.54) is 16.9 Å². The average Bonchev–Trinajstić information content (AvgIpc) is 3.27. The summed E-state index contributed by atoms with van der Waals surface area (Å²) in [5.74, 6) is 11.0. The van der Waals surface area contributed by atoms with Gasteiger partial charge >= 0.3 is 5.97 Å². The van der Waals surface area contributed by atoms with Gasteiger partial charge in [0, 0.05) is 31.4 Å². The van der Waals surface area contributed by atoms with Crippen LogP contribution in [0.5, 0.6) is 0 Å². The van der Waals surface area contributed by atoms with Gasteiger partial charge in [0.1, 0.15) is 18.8 Å². The van der Waals surface area contributed by atoms with Gasteiger partial charge in [-0.3, -0.25) is 4.79 Å². The summed E-state index contributed by atoms with van der Waals surface area (Å²) in [6.07, 6.45) is 5.43. The topological polar surface area (TPSA) is 139 Å². The van der Waals surface area contributed by atoms with Gasteiger partial charge in [-0.25, -0.2) is 20.6 Å². The van der Waals surface area contributed by atoms with Crippen molar-refractivity contribution in [3.05, 3.63) is 58.3 Å². The van der Waals surface area contributed by atoms with Crippen LogP contribution >= 0.6 is 0 Å². The van der Waals surface area contributed by atoms with Crippen LogP contribution in [0.3, 0.4) is 0 Å². The number of aromatic nitrogens is 1. The number of hydrogen-bond acceptors (Lipinski definition) is 8. The summed E-state index contributed by atoms with van der Waals surface area (Å²) in [6, 6.07) is 7.50. The third-order valence-corrected chi connectivity index (χ3v) is 6.61. The van der Waals surface area contributed by atoms with Gasteiger partial charge in [-0.1, -0.05) is 25.5 Å². The number of rotatable bonds is 13. The number of nitrogens with one attached hydrogen (secondary N) is 1. The van der Waals surface area contributed by atoms with Crippen molar-refractivity contribution in [2.24, 2.45) is 16.8 Å². The van der Waals surface area contributed by atoms with Gasteiger partial charge in [0.25, 0.3) is 0 Å². The number of hydrazine groups is 1. The van der Waals surface area contributed by atoms with Gasteiger partial charge in [0.05, 0.1) is 11.5 Å². The van der Waals surface area contributed by atoms with Gasteiger partial charge < -0.3 is 20.8 Å². The molecule has 0 saturated heterocycles. The maximum absolute atomic E-state index is 13.4. The minimum absolute atomic E-state index is 0.1000. The van der Waals surface area contributed by atoms with Gasteiger partial charge in [-0.05, 0) is 62.1 Å². The molecule has 1 aliphatic rings. The molecule has 1 unspecified atom stereocenters. The molecule has 10 heteroatoms. The van der Waals surface area contributed by atoms with E-state index in [-0.39, 0.29) is 17.8 Å². The number of benzene rings is 1. The Balaban J connectivity index is 1.54. The van der Waals surface area contributed by atoms with Crippen molar-refractivity contribution in [2.75, 3.05) is 31.2 Å². The number of nitrogens with zero attached hydrogens (tertiary/aromatic N) is 4. The van der Waals surface area contributed by atoms with Gasteiger partial charge in [-0.2, -0.15) is 5.10 Å². The minimum Gasteiger partial charge on any atom is -0.457 e. The number of carbonyl (C=O) groups excluding carboxylic acids is 2. The van der Waals surface area contributed by atoms with E-state index in [0.717, 1.165) is 42.5 Å². The van der Waals surface area contributed by atoms with E-state index in [9.17, 15) is 9.59 Å². The molecule has 1 aromatic carbocycles. The van der Waals surface area contributed by atoms with E-state index in [1.807, 2.05) is 36.9 Å². The highest BCUT2D eigenvalue weighted by Gasteiger charge is 2.25. The third kappa shape index (κ3) is 6.38. The second-order valence-corrected chi connectivity index (χ2v) is 8.83. The number of likely N-dealkylation sites (N-methyl/N-ethyl adjacent to an activating group) is 1. The first-order valence-corrected chi connectivity index (χ1v) is 12.4. The standard InChI is InChI=1S/C26H37N7O3/c1-4-6-21(20-8-10-24(30-15-20)33(28)17-31-27)25(34)32(5-2)14-13-29-12-11-19-7-9-22-23(18(19)3)16-36-26(22)35/h7-10,15,17,21,29H,4-6,11-14,16,27-28H2,1-3H3/b31-17-. The van der Waals surface area contributed by atoms with E-state index in [4.69, 9.17) is 16.4 Å². The third-order valence-electron chi connectivity index (χ3n) is 6.61. The van der Waals surface area contributed by atoms with Gasteiger partial charge in [0.15, 0.2) is 0 Å².